The molecule has 25 heavy (non-hydrogen) atoms. The minimum absolute atomic E-state index is 0.215. The number of hydrogen-bond acceptors (Lipinski definition) is 5. The molecule has 1 aromatic carbocycles. The molecule has 3 rings (SSSR count). The van der Waals surface area contributed by atoms with E-state index < -0.39 is 11.7 Å². The van der Waals surface area contributed by atoms with Gasteiger partial charge < -0.3 is 14.6 Å². The number of nitrogens with one attached hydrogen (secondary N) is 2. The number of rotatable bonds is 5. The van der Waals surface area contributed by atoms with Crippen LogP contribution < -0.4 is 10.6 Å². The first-order chi connectivity index (χ1) is 12.1. The predicted molar refractivity (Wildman–Crippen MR) is 96.3 cm³/mol. The van der Waals surface area contributed by atoms with Gasteiger partial charge in [0, 0.05) is 43.4 Å². The van der Waals surface area contributed by atoms with E-state index in [1.165, 1.54) is 0 Å². The maximum atomic E-state index is 11.9. The van der Waals surface area contributed by atoms with Crippen LogP contribution in [0.1, 0.15) is 23.1 Å². The highest BCUT2D eigenvalue weighted by atomic mass is 35.5. The molecule has 1 aliphatic rings. The second-order valence-corrected chi connectivity index (χ2v) is 6.33. The lowest BCUT2D eigenvalue weighted by molar-refractivity contribution is 0.0517. The average molecular weight is 365 g/mol. The zero-order valence-corrected chi connectivity index (χ0v) is 14.8. The summed E-state index contributed by atoms with van der Waals surface area (Å²) in [6, 6.07) is 7.81. The van der Waals surface area contributed by atoms with Crippen molar-refractivity contribution in [3.05, 3.63) is 51.2 Å². The molecule has 0 radical (unpaired) electrons. The molecule has 0 spiro atoms. The molecule has 134 valence electrons. The first-order valence-corrected chi connectivity index (χ1v) is 8.65. The fourth-order valence-electron chi connectivity index (χ4n) is 2.96. The maximum absolute atomic E-state index is 11.9. The number of imidazole rings is 1. The van der Waals surface area contributed by atoms with Crippen molar-refractivity contribution in [2.75, 3.05) is 37.7 Å². The molecule has 0 atom stereocenters. The zero-order valence-electron chi connectivity index (χ0n) is 14.0. The summed E-state index contributed by atoms with van der Waals surface area (Å²) in [5.74, 6) is -0.504. The van der Waals surface area contributed by atoms with E-state index in [2.05, 4.69) is 19.8 Å². The summed E-state index contributed by atoms with van der Waals surface area (Å²) in [6.07, 6.45) is 0. The number of nitrogens with zero attached hydrogens (tertiary/aromatic N) is 2. The summed E-state index contributed by atoms with van der Waals surface area (Å²) in [5, 5.41) is 0.727. The summed E-state index contributed by atoms with van der Waals surface area (Å²) in [4.78, 5) is 33.2. The van der Waals surface area contributed by atoms with Gasteiger partial charge in [-0.1, -0.05) is 11.6 Å². The Balaban J connectivity index is 1.62. The van der Waals surface area contributed by atoms with Gasteiger partial charge >= 0.3 is 11.7 Å². The highest BCUT2D eigenvalue weighted by molar-refractivity contribution is 6.30. The monoisotopic (exact) mass is 364 g/mol. The van der Waals surface area contributed by atoms with Crippen molar-refractivity contribution in [1.29, 1.82) is 0 Å². The van der Waals surface area contributed by atoms with Crippen LogP contribution in [0.15, 0.2) is 29.1 Å². The van der Waals surface area contributed by atoms with Crippen molar-refractivity contribution in [3.63, 3.8) is 0 Å². The van der Waals surface area contributed by atoms with Crippen LogP contribution in [0.5, 0.6) is 0 Å². The van der Waals surface area contributed by atoms with E-state index in [9.17, 15) is 9.59 Å². The third kappa shape index (κ3) is 4.24. The van der Waals surface area contributed by atoms with Gasteiger partial charge in [-0.2, -0.15) is 0 Å². The highest BCUT2D eigenvalue weighted by Gasteiger charge is 2.22. The van der Waals surface area contributed by atoms with E-state index >= 15 is 0 Å². The lowest BCUT2D eigenvalue weighted by Gasteiger charge is -2.36. The molecule has 1 saturated heterocycles. The molecule has 0 unspecified atom stereocenters. The lowest BCUT2D eigenvalue weighted by Crippen LogP contribution is -2.46. The van der Waals surface area contributed by atoms with Crippen LogP contribution in [0, 0.1) is 0 Å². The number of hydrogen-bond donors (Lipinski definition) is 2. The topological polar surface area (TPSA) is 81.4 Å². The van der Waals surface area contributed by atoms with Crippen molar-refractivity contribution < 1.29 is 9.53 Å². The quantitative estimate of drug-likeness (QED) is 0.791. The number of esters is 1. The van der Waals surface area contributed by atoms with E-state index in [-0.39, 0.29) is 12.3 Å². The summed E-state index contributed by atoms with van der Waals surface area (Å²) < 4.78 is 4.99. The fraction of sp³-hybridized carbons (Fsp3) is 0.412. The first-order valence-electron chi connectivity index (χ1n) is 8.28. The number of H-pyrrole nitrogens is 2. The number of carbonyl (C=O) groups is 1. The van der Waals surface area contributed by atoms with E-state index in [1.807, 2.05) is 24.3 Å². The van der Waals surface area contributed by atoms with Gasteiger partial charge in [0.2, 0.25) is 0 Å². The van der Waals surface area contributed by atoms with Crippen LogP contribution in [0.3, 0.4) is 0 Å². The van der Waals surface area contributed by atoms with Crippen molar-refractivity contribution in [2.24, 2.45) is 0 Å². The highest BCUT2D eigenvalue weighted by Crippen LogP contribution is 2.20. The smallest absolute Gasteiger partial charge is 0.356 e. The molecule has 0 amide bonds. The second-order valence-electron chi connectivity index (χ2n) is 5.89. The predicted octanol–water partition coefficient (Wildman–Crippen LogP) is 1.86. The van der Waals surface area contributed by atoms with Crippen molar-refractivity contribution in [3.8, 4) is 0 Å². The largest absolute Gasteiger partial charge is 0.461 e. The van der Waals surface area contributed by atoms with Gasteiger partial charge in [0.25, 0.3) is 0 Å². The van der Waals surface area contributed by atoms with E-state index in [0.717, 1.165) is 36.9 Å². The first kappa shape index (κ1) is 17.6. The number of benzene rings is 1. The Morgan fingerprint density at radius 1 is 1.16 bits per heavy atom. The SMILES string of the molecule is CCOC(=O)c1[nH]c(=O)[nH]c1CN1CCN(c2ccc(Cl)cc2)CC1. The molecule has 1 aromatic heterocycles. The summed E-state index contributed by atoms with van der Waals surface area (Å²) in [7, 11) is 0. The lowest BCUT2D eigenvalue weighted by atomic mass is 10.2. The van der Waals surface area contributed by atoms with Crippen LogP contribution >= 0.6 is 11.6 Å². The number of aromatic amines is 2. The van der Waals surface area contributed by atoms with Crippen molar-refractivity contribution >= 4 is 23.3 Å². The number of anilines is 1. The summed E-state index contributed by atoms with van der Waals surface area (Å²) in [5.41, 5.74) is 1.54. The Morgan fingerprint density at radius 3 is 2.48 bits per heavy atom. The Hall–Kier alpha value is -2.25. The van der Waals surface area contributed by atoms with Crippen LogP contribution in [0.2, 0.25) is 5.02 Å². The third-order valence-electron chi connectivity index (χ3n) is 4.23. The van der Waals surface area contributed by atoms with E-state index in [0.29, 0.717) is 12.2 Å². The number of carbonyl (C=O) groups excluding carboxylic acids is 1. The van der Waals surface area contributed by atoms with Gasteiger partial charge in [0.1, 0.15) is 5.69 Å². The Morgan fingerprint density at radius 2 is 1.84 bits per heavy atom. The molecule has 2 N–H and O–H groups in total. The van der Waals surface area contributed by atoms with Gasteiger partial charge in [-0.05, 0) is 31.2 Å². The van der Waals surface area contributed by atoms with Gasteiger partial charge in [-0.25, -0.2) is 9.59 Å². The fourth-order valence-corrected chi connectivity index (χ4v) is 3.08. The van der Waals surface area contributed by atoms with Gasteiger partial charge in [0.05, 0.1) is 12.3 Å². The number of aromatic nitrogens is 2. The Kier molecular flexibility index (Phi) is 5.45. The van der Waals surface area contributed by atoms with E-state index in [1.54, 1.807) is 6.92 Å². The molecule has 0 bridgehead atoms. The molecule has 2 heterocycles. The van der Waals surface area contributed by atoms with E-state index in [4.69, 9.17) is 16.3 Å². The summed E-state index contributed by atoms with van der Waals surface area (Å²) in [6.45, 7) is 5.90. The normalized spacial score (nSPS) is 15.4. The summed E-state index contributed by atoms with van der Waals surface area (Å²) >= 11 is 5.93. The average Bonchev–Trinajstić information content (AvgIpc) is 2.97. The molecular weight excluding hydrogens is 344 g/mol. The molecule has 2 aromatic rings. The molecular formula is C17H21ClN4O3. The van der Waals surface area contributed by atoms with Crippen molar-refractivity contribution in [2.45, 2.75) is 13.5 Å². The second kappa shape index (κ2) is 7.76. The molecule has 8 heteroatoms. The standard InChI is InChI=1S/C17H21ClN4O3/c1-2-25-16(23)15-14(19-17(24)20-15)11-21-7-9-22(10-8-21)13-5-3-12(18)4-6-13/h3-6H,2,7-11H2,1H3,(H2,19,20,24). The van der Waals surface area contributed by atoms with Crippen LogP contribution in [0.4, 0.5) is 5.69 Å². The molecule has 1 aliphatic heterocycles. The third-order valence-corrected chi connectivity index (χ3v) is 4.48. The molecule has 7 nitrogen and oxygen atoms in total. The minimum atomic E-state index is -0.504. The zero-order chi connectivity index (χ0) is 17.8. The van der Waals surface area contributed by atoms with Gasteiger partial charge in [0.15, 0.2) is 0 Å². The Labute approximate surface area is 150 Å². The molecule has 0 aliphatic carbocycles. The van der Waals surface area contributed by atoms with Crippen LogP contribution in [-0.2, 0) is 11.3 Å². The van der Waals surface area contributed by atoms with Crippen LogP contribution in [0.25, 0.3) is 0 Å². The number of halogens is 1. The van der Waals surface area contributed by atoms with Crippen molar-refractivity contribution in [1.82, 2.24) is 14.9 Å². The number of piperazine rings is 1. The minimum Gasteiger partial charge on any atom is -0.461 e. The van der Waals surface area contributed by atoms with Crippen LogP contribution in [-0.4, -0.2) is 53.6 Å². The Bertz CT molecular complexity index is 776. The number of ether oxygens (including phenoxy) is 1. The van der Waals surface area contributed by atoms with Gasteiger partial charge in [-0.3, -0.25) is 9.88 Å². The molecule has 1 fully saturated rings. The maximum Gasteiger partial charge on any atom is 0.356 e. The van der Waals surface area contributed by atoms with Gasteiger partial charge in [-0.15, -0.1) is 0 Å². The molecule has 0 saturated carbocycles.